The topological polar surface area (TPSA) is 40.5 Å². The van der Waals surface area contributed by atoms with Crippen LogP contribution in [0.15, 0.2) is 12.7 Å². The van der Waals surface area contributed by atoms with Crippen LogP contribution >= 0.6 is 0 Å². The van der Waals surface area contributed by atoms with E-state index in [2.05, 4.69) is 6.58 Å². The normalized spacial score (nSPS) is 34.7. The lowest BCUT2D eigenvalue weighted by atomic mass is 9.83. The summed E-state index contributed by atoms with van der Waals surface area (Å²) < 4.78 is 0. The minimum atomic E-state index is -0.523. The Balaban J connectivity index is 2.46. The molecule has 0 unspecified atom stereocenters. The SMILES string of the molecule is C=C[C@@H](O)[C@@H]1CCCC[C@H]1O. The van der Waals surface area contributed by atoms with Crippen LogP contribution in [-0.4, -0.2) is 22.4 Å². The van der Waals surface area contributed by atoms with Crippen molar-refractivity contribution < 1.29 is 10.2 Å². The minimum Gasteiger partial charge on any atom is -0.393 e. The molecule has 64 valence electrons. The molecule has 1 fully saturated rings. The first-order chi connectivity index (χ1) is 5.25. The lowest BCUT2D eigenvalue weighted by Gasteiger charge is -2.29. The first kappa shape index (κ1) is 8.75. The first-order valence-corrected chi connectivity index (χ1v) is 4.24. The third-order valence-corrected chi connectivity index (χ3v) is 2.46. The molecular formula is C9H16O2. The van der Waals surface area contributed by atoms with Crippen molar-refractivity contribution >= 4 is 0 Å². The molecule has 0 aromatic heterocycles. The average Bonchev–Trinajstić information content (AvgIpc) is 2.04. The predicted octanol–water partition coefficient (Wildman–Crippen LogP) is 1.08. The second kappa shape index (κ2) is 3.88. The molecule has 0 bridgehead atoms. The summed E-state index contributed by atoms with van der Waals surface area (Å²) in [6.07, 6.45) is 4.62. The van der Waals surface area contributed by atoms with Crippen LogP contribution in [0.25, 0.3) is 0 Å². The molecule has 1 rings (SSSR count). The molecule has 1 saturated carbocycles. The summed E-state index contributed by atoms with van der Waals surface area (Å²) in [5.74, 6) is 0.0289. The van der Waals surface area contributed by atoms with Crippen molar-refractivity contribution in [3.8, 4) is 0 Å². The monoisotopic (exact) mass is 156 g/mol. The maximum atomic E-state index is 9.46. The number of aliphatic hydroxyl groups is 2. The Morgan fingerprint density at radius 2 is 2.00 bits per heavy atom. The quantitative estimate of drug-likeness (QED) is 0.587. The van der Waals surface area contributed by atoms with Gasteiger partial charge in [0, 0.05) is 5.92 Å². The highest BCUT2D eigenvalue weighted by molar-refractivity contribution is 4.89. The van der Waals surface area contributed by atoms with Gasteiger partial charge >= 0.3 is 0 Å². The van der Waals surface area contributed by atoms with Gasteiger partial charge in [-0.15, -0.1) is 6.58 Å². The van der Waals surface area contributed by atoms with Gasteiger partial charge in [0.1, 0.15) is 0 Å². The number of hydrogen-bond donors (Lipinski definition) is 2. The zero-order valence-electron chi connectivity index (χ0n) is 6.74. The number of hydrogen-bond acceptors (Lipinski definition) is 2. The highest BCUT2D eigenvalue weighted by Crippen LogP contribution is 2.27. The first-order valence-electron chi connectivity index (χ1n) is 4.24. The van der Waals surface area contributed by atoms with E-state index in [4.69, 9.17) is 0 Å². The summed E-state index contributed by atoms with van der Waals surface area (Å²) in [5.41, 5.74) is 0. The summed E-state index contributed by atoms with van der Waals surface area (Å²) in [7, 11) is 0. The fraction of sp³-hybridized carbons (Fsp3) is 0.778. The molecular weight excluding hydrogens is 140 g/mol. The molecule has 2 N–H and O–H groups in total. The van der Waals surface area contributed by atoms with E-state index in [1.54, 1.807) is 0 Å². The van der Waals surface area contributed by atoms with Gasteiger partial charge in [0.15, 0.2) is 0 Å². The van der Waals surface area contributed by atoms with Gasteiger partial charge in [-0.05, 0) is 12.8 Å². The Bertz CT molecular complexity index is 134. The van der Waals surface area contributed by atoms with Crippen LogP contribution in [0, 0.1) is 5.92 Å². The third-order valence-electron chi connectivity index (χ3n) is 2.46. The maximum absolute atomic E-state index is 9.46. The van der Waals surface area contributed by atoms with Crippen molar-refractivity contribution in [1.82, 2.24) is 0 Å². The Labute approximate surface area is 67.6 Å². The van der Waals surface area contributed by atoms with E-state index in [-0.39, 0.29) is 12.0 Å². The van der Waals surface area contributed by atoms with Crippen LogP contribution in [0.2, 0.25) is 0 Å². The molecule has 0 aromatic carbocycles. The molecule has 0 amide bonds. The highest BCUT2D eigenvalue weighted by atomic mass is 16.3. The van der Waals surface area contributed by atoms with E-state index in [0.29, 0.717) is 0 Å². The summed E-state index contributed by atoms with van der Waals surface area (Å²) in [6, 6.07) is 0. The van der Waals surface area contributed by atoms with E-state index in [0.717, 1.165) is 25.7 Å². The molecule has 0 saturated heterocycles. The van der Waals surface area contributed by atoms with Crippen LogP contribution in [0.1, 0.15) is 25.7 Å². The van der Waals surface area contributed by atoms with Gasteiger partial charge in [-0.25, -0.2) is 0 Å². The minimum absolute atomic E-state index is 0.0289. The standard InChI is InChI=1S/C9H16O2/c1-2-8(10)7-5-3-4-6-9(7)11/h2,7-11H,1,3-6H2/t7-,8+,9+/m0/s1. The van der Waals surface area contributed by atoms with Gasteiger partial charge in [-0.1, -0.05) is 18.9 Å². The van der Waals surface area contributed by atoms with Crippen LogP contribution in [0.5, 0.6) is 0 Å². The van der Waals surface area contributed by atoms with Crippen LogP contribution in [-0.2, 0) is 0 Å². The van der Waals surface area contributed by atoms with E-state index in [9.17, 15) is 10.2 Å². The zero-order valence-corrected chi connectivity index (χ0v) is 6.74. The van der Waals surface area contributed by atoms with E-state index >= 15 is 0 Å². The van der Waals surface area contributed by atoms with Crippen molar-refractivity contribution in [3.63, 3.8) is 0 Å². The van der Waals surface area contributed by atoms with Gasteiger partial charge in [0.2, 0.25) is 0 Å². The van der Waals surface area contributed by atoms with Gasteiger partial charge in [0.25, 0.3) is 0 Å². The van der Waals surface area contributed by atoms with Crippen molar-refractivity contribution in [2.45, 2.75) is 37.9 Å². The van der Waals surface area contributed by atoms with Crippen molar-refractivity contribution in [1.29, 1.82) is 0 Å². The molecule has 1 aliphatic rings. The number of aliphatic hydroxyl groups excluding tert-OH is 2. The summed E-state index contributed by atoms with van der Waals surface area (Å²) in [6.45, 7) is 3.51. The third kappa shape index (κ3) is 2.04. The van der Waals surface area contributed by atoms with Crippen LogP contribution in [0.3, 0.4) is 0 Å². The molecule has 3 atom stereocenters. The van der Waals surface area contributed by atoms with E-state index in [1.165, 1.54) is 6.08 Å². The summed E-state index contributed by atoms with van der Waals surface area (Å²) >= 11 is 0. The largest absolute Gasteiger partial charge is 0.393 e. The Morgan fingerprint density at radius 1 is 1.36 bits per heavy atom. The number of rotatable bonds is 2. The lowest BCUT2D eigenvalue weighted by molar-refractivity contribution is 0.00787. The Kier molecular flexibility index (Phi) is 3.09. The Morgan fingerprint density at radius 3 is 2.55 bits per heavy atom. The van der Waals surface area contributed by atoms with Crippen molar-refractivity contribution in [2.75, 3.05) is 0 Å². The van der Waals surface area contributed by atoms with E-state index in [1.807, 2.05) is 0 Å². The van der Waals surface area contributed by atoms with Crippen molar-refractivity contribution in [3.05, 3.63) is 12.7 Å². The fourth-order valence-electron chi connectivity index (χ4n) is 1.71. The second-order valence-corrected chi connectivity index (χ2v) is 3.24. The van der Waals surface area contributed by atoms with E-state index < -0.39 is 6.10 Å². The van der Waals surface area contributed by atoms with Crippen LogP contribution in [0.4, 0.5) is 0 Å². The molecule has 2 nitrogen and oxygen atoms in total. The molecule has 0 aliphatic heterocycles. The molecule has 0 heterocycles. The fourth-order valence-corrected chi connectivity index (χ4v) is 1.71. The summed E-state index contributed by atoms with van der Waals surface area (Å²) in [4.78, 5) is 0. The molecule has 11 heavy (non-hydrogen) atoms. The second-order valence-electron chi connectivity index (χ2n) is 3.24. The maximum Gasteiger partial charge on any atom is 0.0771 e. The average molecular weight is 156 g/mol. The highest BCUT2D eigenvalue weighted by Gasteiger charge is 2.27. The molecule has 0 radical (unpaired) electrons. The smallest absolute Gasteiger partial charge is 0.0771 e. The Hall–Kier alpha value is -0.340. The van der Waals surface area contributed by atoms with Gasteiger partial charge in [-0.2, -0.15) is 0 Å². The van der Waals surface area contributed by atoms with Gasteiger partial charge < -0.3 is 10.2 Å². The molecule has 2 heteroatoms. The molecule has 1 aliphatic carbocycles. The molecule has 0 aromatic rings. The molecule has 0 spiro atoms. The van der Waals surface area contributed by atoms with Crippen LogP contribution < -0.4 is 0 Å². The van der Waals surface area contributed by atoms with Gasteiger partial charge in [-0.3, -0.25) is 0 Å². The zero-order chi connectivity index (χ0) is 8.27. The van der Waals surface area contributed by atoms with Gasteiger partial charge in [0.05, 0.1) is 12.2 Å². The predicted molar refractivity (Wildman–Crippen MR) is 44.2 cm³/mol. The summed E-state index contributed by atoms with van der Waals surface area (Å²) in [5, 5.41) is 18.8. The lowest BCUT2D eigenvalue weighted by Crippen LogP contribution is -2.33. The van der Waals surface area contributed by atoms with Crippen molar-refractivity contribution in [2.24, 2.45) is 5.92 Å².